The number of hydrogen-bond acceptors (Lipinski definition) is 6. The van der Waals surface area contributed by atoms with E-state index in [0.717, 1.165) is 6.42 Å². The van der Waals surface area contributed by atoms with Crippen molar-refractivity contribution in [2.45, 2.75) is 48.1 Å². The van der Waals surface area contributed by atoms with Crippen molar-refractivity contribution in [2.24, 2.45) is 11.8 Å². The lowest BCUT2D eigenvalue weighted by atomic mass is 9.66. The number of carbonyl (C=O) groups is 3. The molecule has 0 aliphatic carbocycles. The van der Waals surface area contributed by atoms with Crippen LogP contribution in [-0.4, -0.2) is 88.6 Å². The Bertz CT molecular complexity index is 1090. The van der Waals surface area contributed by atoms with E-state index in [1.807, 2.05) is 12.1 Å². The molecule has 3 heterocycles. The van der Waals surface area contributed by atoms with Gasteiger partial charge in [0.1, 0.15) is 11.8 Å². The molecule has 1 N–H and O–H groups in total. The predicted octanol–water partition coefficient (Wildman–Crippen LogP) is 3.11. The molecule has 2 unspecified atom stereocenters. The number of ether oxygens (including phenoxy) is 1. The number of aliphatic hydroxyl groups excluding tert-OH is 1. The summed E-state index contributed by atoms with van der Waals surface area (Å²) in [4.78, 5) is 47.4. The Kier molecular flexibility index (Phi) is 8.28. The highest BCUT2D eigenvalue weighted by Crippen LogP contribution is 2.71. The summed E-state index contributed by atoms with van der Waals surface area (Å²) >= 11 is 1.67. The first-order valence-corrected chi connectivity index (χ1v) is 14.0. The van der Waals surface area contributed by atoms with Gasteiger partial charge in [0, 0.05) is 43.7 Å². The number of thioether (sulfide) groups is 1. The highest BCUT2D eigenvalue weighted by molar-refractivity contribution is 8.02. The van der Waals surface area contributed by atoms with Gasteiger partial charge in [0.05, 0.1) is 23.7 Å². The topological polar surface area (TPSA) is 90.4 Å². The van der Waals surface area contributed by atoms with Crippen LogP contribution in [0.1, 0.15) is 32.6 Å². The smallest absolute Gasteiger partial charge is 0.251 e. The van der Waals surface area contributed by atoms with Gasteiger partial charge >= 0.3 is 0 Å². The fourth-order valence-corrected chi connectivity index (χ4v) is 8.94. The van der Waals surface area contributed by atoms with Crippen LogP contribution in [0.3, 0.4) is 0 Å². The van der Waals surface area contributed by atoms with Crippen LogP contribution in [0.4, 0.5) is 5.69 Å². The zero-order valence-corrected chi connectivity index (χ0v) is 23.4. The predicted molar refractivity (Wildman–Crippen MR) is 150 cm³/mol. The third-order valence-electron chi connectivity index (χ3n) is 8.32. The normalized spacial score (nSPS) is 29.2. The molecule has 3 saturated heterocycles. The van der Waals surface area contributed by atoms with Crippen LogP contribution in [0.5, 0.6) is 5.75 Å². The van der Waals surface area contributed by atoms with Gasteiger partial charge in [-0.15, -0.1) is 24.9 Å². The fourth-order valence-electron chi connectivity index (χ4n) is 6.60. The maximum atomic E-state index is 14.5. The minimum atomic E-state index is -0.713. The van der Waals surface area contributed by atoms with Crippen molar-refractivity contribution in [1.82, 2.24) is 9.80 Å². The largest absolute Gasteiger partial charge is 0.497 e. The molecule has 2 bridgehead atoms. The summed E-state index contributed by atoms with van der Waals surface area (Å²) in [7, 11) is 3.33. The summed E-state index contributed by atoms with van der Waals surface area (Å²) in [5, 5.41) is 9.39. The molecule has 1 aromatic rings. The third kappa shape index (κ3) is 4.53. The van der Waals surface area contributed by atoms with Crippen LogP contribution in [0.2, 0.25) is 0 Å². The molecule has 9 heteroatoms. The molecule has 3 aliphatic rings. The van der Waals surface area contributed by atoms with Crippen molar-refractivity contribution in [3.05, 3.63) is 49.6 Å². The van der Waals surface area contributed by atoms with Gasteiger partial charge in [0.25, 0.3) is 5.91 Å². The zero-order valence-electron chi connectivity index (χ0n) is 22.6. The van der Waals surface area contributed by atoms with Gasteiger partial charge in [0.2, 0.25) is 11.8 Å². The second-order valence-corrected chi connectivity index (χ2v) is 12.5. The molecule has 38 heavy (non-hydrogen) atoms. The number of methoxy groups -OCH3 is 1. The van der Waals surface area contributed by atoms with E-state index in [-0.39, 0.29) is 30.9 Å². The minimum Gasteiger partial charge on any atom is -0.497 e. The Morgan fingerprint density at radius 3 is 2.45 bits per heavy atom. The lowest BCUT2D eigenvalue weighted by Gasteiger charge is -2.37. The third-order valence-corrected chi connectivity index (χ3v) is 10.3. The van der Waals surface area contributed by atoms with Gasteiger partial charge in [-0.1, -0.05) is 12.2 Å². The molecule has 206 valence electrons. The van der Waals surface area contributed by atoms with E-state index >= 15 is 0 Å². The average Bonchev–Trinajstić information content (AvgIpc) is 3.47. The molecule has 8 nitrogen and oxygen atoms in total. The van der Waals surface area contributed by atoms with E-state index in [1.165, 1.54) is 0 Å². The number of aliphatic hydroxyl groups is 1. The van der Waals surface area contributed by atoms with Crippen molar-refractivity contribution in [3.8, 4) is 5.75 Å². The van der Waals surface area contributed by atoms with E-state index < -0.39 is 27.4 Å². The first-order valence-electron chi connectivity index (χ1n) is 13.2. The maximum absolute atomic E-state index is 14.5. The Hall–Kier alpha value is -2.78. The van der Waals surface area contributed by atoms with E-state index in [1.54, 1.807) is 64.9 Å². The molecular weight excluding hydrogens is 502 g/mol. The Morgan fingerprint density at radius 1 is 1.16 bits per heavy atom. The number of likely N-dealkylation sites (tertiary alicyclic amines) is 1. The Morgan fingerprint density at radius 2 is 1.84 bits per heavy atom. The lowest BCUT2D eigenvalue weighted by Crippen LogP contribution is -2.55. The van der Waals surface area contributed by atoms with Gasteiger partial charge < -0.3 is 24.5 Å². The summed E-state index contributed by atoms with van der Waals surface area (Å²) in [6.45, 7) is 10.8. The summed E-state index contributed by atoms with van der Waals surface area (Å²) in [6, 6.07) is 6.56. The molecule has 1 aromatic carbocycles. The van der Waals surface area contributed by atoms with E-state index in [4.69, 9.17) is 4.74 Å². The number of unbranched alkanes of at least 4 members (excludes halogenated alkanes) is 1. The van der Waals surface area contributed by atoms with Crippen molar-refractivity contribution in [1.29, 1.82) is 0 Å². The van der Waals surface area contributed by atoms with Crippen LogP contribution in [-0.2, 0) is 14.4 Å². The van der Waals surface area contributed by atoms with Crippen molar-refractivity contribution < 1.29 is 24.2 Å². The monoisotopic (exact) mass is 541 g/mol. The molecule has 1 spiro atoms. The van der Waals surface area contributed by atoms with E-state index in [2.05, 4.69) is 20.1 Å². The van der Waals surface area contributed by atoms with Gasteiger partial charge in [0.15, 0.2) is 0 Å². The number of amides is 3. The lowest BCUT2D eigenvalue weighted by molar-refractivity contribution is -0.144. The van der Waals surface area contributed by atoms with Crippen molar-refractivity contribution >= 4 is 35.2 Å². The number of nitrogens with zero attached hydrogens (tertiary/aromatic N) is 3. The quantitative estimate of drug-likeness (QED) is 0.323. The zero-order chi connectivity index (χ0) is 27.7. The molecule has 4 rings (SSSR count). The number of rotatable bonds is 12. The van der Waals surface area contributed by atoms with Crippen molar-refractivity contribution in [2.75, 3.05) is 45.3 Å². The van der Waals surface area contributed by atoms with E-state index in [9.17, 15) is 19.5 Å². The SMILES string of the molecule is C=CCN(C)C(=O)[C@H]1[C@H]2C(=O)N(CCCCO)C(C(=O)N(CC=C)c3ccc(OC)cc3)C23CC[C@]1(C)S3. The Balaban J connectivity index is 1.77. The molecule has 3 fully saturated rings. The second kappa shape index (κ2) is 11.1. The number of benzene rings is 1. The Labute approximate surface area is 229 Å². The summed E-state index contributed by atoms with van der Waals surface area (Å²) in [6.07, 6.45) is 5.93. The fraction of sp³-hybridized carbons (Fsp3) is 0.552. The van der Waals surface area contributed by atoms with Crippen LogP contribution >= 0.6 is 11.8 Å². The first kappa shape index (κ1) is 28.2. The van der Waals surface area contributed by atoms with Gasteiger partial charge in [-0.25, -0.2) is 0 Å². The first-order chi connectivity index (χ1) is 18.2. The highest BCUT2D eigenvalue weighted by atomic mass is 32.2. The van der Waals surface area contributed by atoms with Gasteiger partial charge in [-0.05, 0) is 56.9 Å². The molecule has 3 amide bonds. The summed E-state index contributed by atoms with van der Waals surface area (Å²) < 4.78 is 4.17. The van der Waals surface area contributed by atoms with Crippen LogP contribution in [0.25, 0.3) is 0 Å². The minimum absolute atomic E-state index is 0.0178. The van der Waals surface area contributed by atoms with Crippen LogP contribution < -0.4 is 9.64 Å². The van der Waals surface area contributed by atoms with Gasteiger partial charge in [-0.2, -0.15) is 0 Å². The number of carbonyl (C=O) groups excluding carboxylic acids is 3. The maximum Gasteiger partial charge on any atom is 0.251 e. The van der Waals surface area contributed by atoms with Crippen LogP contribution in [0.15, 0.2) is 49.6 Å². The van der Waals surface area contributed by atoms with Gasteiger partial charge in [-0.3, -0.25) is 14.4 Å². The molecule has 0 saturated carbocycles. The summed E-state index contributed by atoms with van der Waals surface area (Å²) in [5.41, 5.74) is 0.695. The number of likely N-dealkylation sites (N-methyl/N-ethyl adjacent to an activating group) is 1. The summed E-state index contributed by atoms with van der Waals surface area (Å²) in [5.74, 6) is -0.763. The second-order valence-electron chi connectivity index (χ2n) is 10.6. The molecule has 3 aliphatic heterocycles. The number of fused-ring (bicyclic) bond motifs is 1. The molecule has 0 radical (unpaired) electrons. The van der Waals surface area contributed by atoms with E-state index in [0.29, 0.717) is 43.8 Å². The molecule has 5 atom stereocenters. The standard InChI is InChI=1S/C29H39N3O5S/c1-6-16-30(4)25(34)22-23-26(35)32(18-8-9-19-33)24(29(23)15-14-28(22,3)38-29)27(36)31(17-7-2)20-10-12-21(37-5)13-11-20/h6-7,10-13,22-24,33H,1-2,8-9,14-19H2,3-5H3/t22-,23+,24?,28+,29?/m1/s1. The molecular formula is C29H39N3O5S. The van der Waals surface area contributed by atoms with Crippen molar-refractivity contribution in [3.63, 3.8) is 0 Å². The average molecular weight is 542 g/mol. The number of anilines is 1. The number of hydrogen-bond donors (Lipinski definition) is 1. The highest BCUT2D eigenvalue weighted by Gasteiger charge is 2.77. The molecule has 0 aromatic heterocycles. The van der Waals surface area contributed by atoms with Crippen LogP contribution in [0, 0.1) is 11.8 Å².